The lowest BCUT2D eigenvalue weighted by Crippen LogP contribution is -2.22. The van der Waals surface area contributed by atoms with Crippen molar-refractivity contribution in [2.75, 3.05) is 4.90 Å². The van der Waals surface area contributed by atoms with Crippen molar-refractivity contribution >= 4 is 27.8 Å². The van der Waals surface area contributed by atoms with Crippen LogP contribution in [0, 0.1) is 0 Å². The highest BCUT2D eigenvalue weighted by Gasteiger charge is 2.41. The van der Waals surface area contributed by atoms with Crippen molar-refractivity contribution in [1.29, 1.82) is 0 Å². The van der Waals surface area contributed by atoms with Crippen LogP contribution in [0.5, 0.6) is 0 Å². The summed E-state index contributed by atoms with van der Waals surface area (Å²) < 4.78 is 0. The number of hydrogen-bond donors (Lipinski definition) is 0. The van der Waals surface area contributed by atoms with Gasteiger partial charge in [-0.2, -0.15) is 0 Å². The molecule has 0 aromatic heterocycles. The number of anilines is 3. The second-order valence-electron chi connectivity index (χ2n) is 16.2. The zero-order chi connectivity index (χ0) is 40.8. The maximum Gasteiger partial charge on any atom is 0.0540 e. The molecule has 1 aliphatic carbocycles. The average Bonchev–Trinajstić information content (AvgIpc) is 3.61. The largest absolute Gasteiger partial charge is 0.310 e. The molecule has 0 fully saturated rings. The molecule has 61 heavy (non-hydrogen) atoms. The molecule has 0 bridgehead atoms. The Morgan fingerprint density at radius 1 is 0.328 bits per heavy atom. The van der Waals surface area contributed by atoms with Crippen molar-refractivity contribution in [3.8, 4) is 55.6 Å². The minimum Gasteiger partial charge on any atom is -0.310 e. The second-order valence-corrected chi connectivity index (χ2v) is 16.2. The molecule has 1 aliphatic rings. The Hall–Kier alpha value is -7.74. The van der Waals surface area contributed by atoms with Gasteiger partial charge in [0.1, 0.15) is 0 Å². The zero-order valence-corrected chi connectivity index (χ0v) is 34.0. The van der Waals surface area contributed by atoms with Gasteiger partial charge in [0.25, 0.3) is 0 Å². The van der Waals surface area contributed by atoms with Crippen LogP contribution < -0.4 is 4.90 Å². The molecule has 0 spiro atoms. The summed E-state index contributed by atoms with van der Waals surface area (Å²) in [4.78, 5) is 2.43. The van der Waals surface area contributed by atoms with Crippen LogP contribution in [-0.2, 0) is 5.41 Å². The summed E-state index contributed by atoms with van der Waals surface area (Å²) >= 11 is 0. The molecule has 10 aromatic rings. The maximum atomic E-state index is 2.43. The Morgan fingerprint density at radius 2 is 0.820 bits per heavy atom. The van der Waals surface area contributed by atoms with Gasteiger partial charge >= 0.3 is 0 Å². The average molecular weight is 778 g/mol. The van der Waals surface area contributed by atoms with Crippen LogP contribution in [-0.4, -0.2) is 0 Å². The first-order valence-electron chi connectivity index (χ1n) is 21.2. The van der Waals surface area contributed by atoms with Crippen LogP contribution in [0.2, 0.25) is 0 Å². The fourth-order valence-corrected chi connectivity index (χ4v) is 9.75. The molecule has 1 nitrogen and oxygen atoms in total. The summed E-state index contributed by atoms with van der Waals surface area (Å²) in [6, 6.07) is 88.7. The molecule has 0 saturated heterocycles. The lowest BCUT2D eigenvalue weighted by Gasteiger charge is -2.30. The van der Waals surface area contributed by atoms with E-state index in [1.807, 2.05) is 0 Å². The van der Waals surface area contributed by atoms with Crippen LogP contribution in [0.15, 0.2) is 243 Å². The summed E-state index contributed by atoms with van der Waals surface area (Å²) in [5, 5.41) is 2.50. The molecule has 11 rings (SSSR count). The molecule has 0 N–H and O–H groups in total. The molecule has 1 heteroatoms. The predicted molar refractivity (Wildman–Crippen MR) is 258 cm³/mol. The highest BCUT2D eigenvalue weighted by atomic mass is 15.1. The normalized spacial score (nSPS) is 14.0. The van der Waals surface area contributed by atoms with Gasteiger partial charge in [-0.05, 0) is 121 Å². The Labute approximate surface area is 358 Å². The van der Waals surface area contributed by atoms with E-state index in [4.69, 9.17) is 0 Å². The Morgan fingerprint density at radius 3 is 1.57 bits per heavy atom. The van der Waals surface area contributed by atoms with Crippen molar-refractivity contribution < 1.29 is 0 Å². The summed E-state index contributed by atoms with van der Waals surface area (Å²) in [5.74, 6) is 0. The molecule has 10 aromatic carbocycles. The van der Waals surface area contributed by atoms with E-state index >= 15 is 0 Å². The molecular weight excluding hydrogens is 735 g/mol. The van der Waals surface area contributed by atoms with Gasteiger partial charge in [0.2, 0.25) is 0 Å². The van der Waals surface area contributed by atoms with E-state index in [-0.39, 0.29) is 5.41 Å². The van der Waals surface area contributed by atoms with Gasteiger partial charge in [-0.1, -0.05) is 206 Å². The Kier molecular flexibility index (Phi) is 9.02. The number of nitrogens with zero attached hydrogens (tertiary/aromatic N) is 1. The molecule has 0 amide bonds. The van der Waals surface area contributed by atoms with E-state index in [0.717, 1.165) is 17.1 Å². The smallest absolute Gasteiger partial charge is 0.0540 e. The lowest BCUT2D eigenvalue weighted by molar-refractivity contribution is 0.714. The van der Waals surface area contributed by atoms with Crippen molar-refractivity contribution in [2.24, 2.45) is 0 Å². The molecule has 1 atom stereocenters. The first-order chi connectivity index (χ1) is 30.1. The summed E-state index contributed by atoms with van der Waals surface area (Å²) in [7, 11) is 0. The van der Waals surface area contributed by atoms with Gasteiger partial charge in [0, 0.05) is 22.4 Å². The second kappa shape index (κ2) is 15.1. The highest BCUT2D eigenvalue weighted by molar-refractivity contribution is 6.00. The summed E-state index contributed by atoms with van der Waals surface area (Å²) in [6.45, 7) is 2.39. The molecule has 0 radical (unpaired) electrons. The third-order valence-corrected chi connectivity index (χ3v) is 12.8. The van der Waals surface area contributed by atoms with Crippen molar-refractivity contribution in [3.63, 3.8) is 0 Å². The fraction of sp³-hybridized carbons (Fsp3) is 0.0333. The molecule has 0 aliphatic heterocycles. The van der Waals surface area contributed by atoms with Crippen LogP contribution in [0.4, 0.5) is 17.1 Å². The predicted octanol–water partition coefficient (Wildman–Crippen LogP) is 16.3. The Bertz CT molecular complexity index is 3180. The minimum absolute atomic E-state index is 0.289. The SMILES string of the molecule is CC1(c2ccccc2)c2ccccc2-c2c(-c3ccccc3N(c3ccc(-c4cccc(-c5ccccc5)c4)cc3)c3ccc(-c4cccc5ccccc45)cc3)cccc21. The van der Waals surface area contributed by atoms with Gasteiger partial charge in [-0.25, -0.2) is 0 Å². The molecule has 288 valence electrons. The van der Waals surface area contributed by atoms with Gasteiger partial charge in [0.15, 0.2) is 0 Å². The van der Waals surface area contributed by atoms with Gasteiger partial charge in [-0.3, -0.25) is 0 Å². The quantitative estimate of drug-likeness (QED) is 0.149. The highest BCUT2D eigenvalue weighted by Crippen LogP contribution is 2.56. The third kappa shape index (κ3) is 6.26. The van der Waals surface area contributed by atoms with E-state index in [1.54, 1.807) is 0 Å². The van der Waals surface area contributed by atoms with E-state index in [9.17, 15) is 0 Å². The van der Waals surface area contributed by atoms with E-state index in [0.29, 0.717) is 0 Å². The van der Waals surface area contributed by atoms with E-state index < -0.39 is 0 Å². The van der Waals surface area contributed by atoms with E-state index in [2.05, 4.69) is 254 Å². The fourth-order valence-electron chi connectivity index (χ4n) is 9.75. The van der Waals surface area contributed by atoms with Gasteiger partial charge in [0.05, 0.1) is 5.69 Å². The summed E-state index contributed by atoms with van der Waals surface area (Å²) in [5.41, 5.74) is 19.2. The zero-order valence-electron chi connectivity index (χ0n) is 34.0. The Balaban J connectivity index is 1.07. The number of benzene rings is 10. The topological polar surface area (TPSA) is 3.24 Å². The third-order valence-electron chi connectivity index (χ3n) is 12.8. The van der Waals surface area contributed by atoms with Crippen LogP contribution >= 0.6 is 0 Å². The lowest BCUT2D eigenvalue weighted by atomic mass is 9.74. The van der Waals surface area contributed by atoms with Crippen molar-refractivity contribution in [1.82, 2.24) is 0 Å². The minimum atomic E-state index is -0.289. The number of rotatable bonds is 8. The van der Waals surface area contributed by atoms with Crippen LogP contribution in [0.3, 0.4) is 0 Å². The number of hydrogen-bond acceptors (Lipinski definition) is 1. The number of para-hydroxylation sites is 1. The van der Waals surface area contributed by atoms with Crippen LogP contribution in [0.1, 0.15) is 23.6 Å². The molecule has 0 saturated carbocycles. The molecular formula is C60H43N. The first-order valence-corrected chi connectivity index (χ1v) is 21.2. The summed E-state index contributed by atoms with van der Waals surface area (Å²) in [6.07, 6.45) is 0. The van der Waals surface area contributed by atoms with Gasteiger partial charge in [-0.15, -0.1) is 0 Å². The first kappa shape index (κ1) is 36.3. The standard InChI is InChI=1S/C60H43N/c1-60(48-23-6-3-7-24-48)56-30-12-10-27-55(56)59-54(29-16-31-57(59)60)53-26-11-13-32-58(53)61(50-39-35-45(36-40-50)52-28-15-20-44-19-8-9-25-51(44)52)49-37-33-43(34-38-49)47-22-14-21-46(41-47)42-17-4-2-5-18-42/h2-41H,1H3. The van der Waals surface area contributed by atoms with Crippen LogP contribution in [0.25, 0.3) is 66.4 Å². The van der Waals surface area contributed by atoms with Crippen molar-refractivity contribution in [3.05, 3.63) is 259 Å². The van der Waals surface area contributed by atoms with E-state index in [1.165, 1.54) is 83.1 Å². The molecule has 1 unspecified atom stereocenters. The maximum absolute atomic E-state index is 2.43. The monoisotopic (exact) mass is 777 g/mol. The van der Waals surface area contributed by atoms with Crippen molar-refractivity contribution in [2.45, 2.75) is 12.3 Å². The molecule has 0 heterocycles. The van der Waals surface area contributed by atoms with Gasteiger partial charge < -0.3 is 4.90 Å². The number of fused-ring (bicyclic) bond motifs is 4.